The van der Waals surface area contributed by atoms with Gasteiger partial charge in [0, 0.05) is 16.5 Å². The van der Waals surface area contributed by atoms with Gasteiger partial charge in [-0.05, 0) is 37.0 Å². The molecule has 5 heteroatoms. The molecule has 1 aliphatic rings. The van der Waals surface area contributed by atoms with E-state index in [0.717, 1.165) is 0 Å². The molecule has 110 valence electrons. The normalized spacial score (nSPS) is 27.3. The number of hydrogen-bond acceptors (Lipinski definition) is 3. The summed E-state index contributed by atoms with van der Waals surface area (Å²) in [7, 11) is 1.52. The molecule has 0 bridgehead atoms. The average molecular weight is 299 g/mol. The zero-order chi connectivity index (χ0) is 14.9. The Morgan fingerprint density at radius 1 is 1.45 bits per heavy atom. The summed E-state index contributed by atoms with van der Waals surface area (Å²) in [5.41, 5.74) is 0.561. The fourth-order valence-electron chi connectivity index (χ4n) is 3.13. The molecule has 1 saturated carbocycles. The highest BCUT2D eigenvalue weighted by Gasteiger charge is 2.42. The number of aliphatic carboxylic acids is 1. The molecule has 0 aliphatic heterocycles. The number of ether oxygens (including phenoxy) is 1. The number of carboxylic acid groups (broad SMARTS) is 1. The molecule has 4 unspecified atom stereocenters. The molecule has 1 aliphatic carbocycles. The molecule has 0 heterocycles. The standard InChI is InChI=1S/C15H19ClO4/c1-8-5-10(11(6-8)15(18)19)14(17)12-7-9(16)3-4-13(12)20-2/h3-4,7-8,10-11,14,17H,5-6H2,1-2H3,(H,18,19). The number of aliphatic hydroxyl groups excluding tert-OH is 1. The Morgan fingerprint density at radius 3 is 2.75 bits per heavy atom. The smallest absolute Gasteiger partial charge is 0.306 e. The van der Waals surface area contributed by atoms with Gasteiger partial charge in [0.1, 0.15) is 5.75 Å². The van der Waals surface area contributed by atoms with Crippen LogP contribution in [-0.4, -0.2) is 23.3 Å². The van der Waals surface area contributed by atoms with Crippen molar-refractivity contribution in [3.8, 4) is 5.75 Å². The van der Waals surface area contributed by atoms with Gasteiger partial charge in [-0.25, -0.2) is 0 Å². The lowest BCUT2D eigenvalue weighted by Gasteiger charge is -2.24. The minimum Gasteiger partial charge on any atom is -0.496 e. The Kier molecular flexibility index (Phi) is 4.55. The van der Waals surface area contributed by atoms with Crippen molar-refractivity contribution in [2.24, 2.45) is 17.8 Å². The first-order chi connectivity index (χ1) is 9.43. The molecule has 2 rings (SSSR count). The number of aliphatic hydroxyl groups is 1. The fourth-order valence-corrected chi connectivity index (χ4v) is 3.31. The Hall–Kier alpha value is -1.26. The first-order valence-electron chi connectivity index (χ1n) is 6.68. The van der Waals surface area contributed by atoms with Gasteiger partial charge in [0.25, 0.3) is 0 Å². The van der Waals surface area contributed by atoms with Crippen LogP contribution < -0.4 is 4.74 Å². The highest BCUT2D eigenvalue weighted by Crippen LogP contribution is 2.45. The zero-order valence-electron chi connectivity index (χ0n) is 11.5. The molecule has 0 spiro atoms. The Bertz CT molecular complexity index is 503. The lowest BCUT2D eigenvalue weighted by molar-refractivity contribution is -0.144. The molecule has 0 radical (unpaired) electrons. The number of halogens is 1. The van der Waals surface area contributed by atoms with Gasteiger partial charge in [0.2, 0.25) is 0 Å². The second-order valence-electron chi connectivity index (χ2n) is 5.52. The van der Waals surface area contributed by atoms with E-state index in [2.05, 4.69) is 0 Å². The van der Waals surface area contributed by atoms with E-state index in [1.165, 1.54) is 7.11 Å². The van der Waals surface area contributed by atoms with Crippen molar-refractivity contribution in [3.63, 3.8) is 0 Å². The topological polar surface area (TPSA) is 66.8 Å². The SMILES string of the molecule is COc1ccc(Cl)cc1C(O)C1CC(C)CC1C(=O)O. The molecule has 1 fully saturated rings. The molecule has 2 N–H and O–H groups in total. The molecule has 0 amide bonds. The highest BCUT2D eigenvalue weighted by atomic mass is 35.5. The molecule has 1 aromatic carbocycles. The largest absolute Gasteiger partial charge is 0.496 e. The van der Waals surface area contributed by atoms with Gasteiger partial charge in [-0.3, -0.25) is 4.79 Å². The molecule has 0 saturated heterocycles. The number of methoxy groups -OCH3 is 1. The van der Waals surface area contributed by atoms with Crippen molar-refractivity contribution in [1.29, 1.82) is 0 Å². The van der Waals surface area contributed by atoms with Crippen LogP contribution in [0.3, 0.4) is 0 Å². The summed E-state index contributed by atoms with van der Waals surface area (Å²) in [5, 5.41) is 20.4. The van der Waals surface area contributed by atoms with Crippen LogP contribution in [0.5, 0.6) is 5.75 Å². The summed E-state index contributed by atoms with van der Waals surface area (Å²) in [6.07, 6.45) is 0.406. The van der Waals surface area contributed by atoms with Gasteiger partial charge in [-0.1, -0.05) is 18.5 Å². The van der Waals surface area contributed by atoms with Crippen molar-refractivity contribution in [2.75, 3.05) is 7.11 Å². The predicted octanol–water partition coefficient (Wildman–Crippen LogP) is 3.13. The molecular formula is C15H19ClO4. The summed E-state index contributed by atoms with van der Waals surface area (Å²) in [6.45, 7) is 2.01. The van der Waals surface area contributed by atoms with E-state index in [-0.39, 0.29) is 5.92 Å². The number of rotatable bonds is 4. The Balaban J connectivity index is 2.32. The first-order valence-corrected chi connectivity index (χ1v) is 7.06. The molecule has 4 atom stereocenters. The van der Waals surface area contributed by atoms with Crippen LogP contribution >= 0.6 is 11.6 Å². The third-order valence-corrected chi connectivity index (χ3v) is 4.32. The Labute approximate surface area is 123 Å². The molecule has 20 heavy (non-hydrogen) atoms. The van der Waals surface area contributed by atoms with E-state index in [4.69, 9.17) is 16.3 Å². The fraction of sp³-hybridized carbons (Fsp3) is 0.533. The number of carbonyl (C=O) groups is 1. The number of hydrogen-bond donors (Lipinski definition) is 2. The summed E-state index contributed by atoms with van der Waals surface area (Å²) < 4.78 is 5.24. The van der Waals surface area contributed by atoms with Crippen molar-refractivity contribution in [1.82, 2.24) is 0 Å². The van der Waals surface area contributed by atoms with Crippen LogP contribution in [0, 0.1) is 17.8 Å². The van der Waals surface area contributed by atoms with E-state index < -0.39 is 18.0 Å². The van der Waals surface area contributed by atoms with Gasteiger partial charge < -0.3 is 14.9 Å². The van der Waals surface area contributed by atoms with E-state index in [1.54, 1.807) is 18.2 Å². The lowest BCUT2D eigenvalue weighted by Crippen LogP contribution is -2.24. The van der Waals surface area contributed by atoms with Crippen LogP contribution in [-0.2, 0) is 4.79 Å². The maximum absolute atomic E-state index is 11.3. The number of carboxylic acids is 1. The maximum Gasteiger partial charge on any atom is 0.306 e. The van der Waals surface area contributed by atoms with Crippen LogP contribution in [0.2, 0.25) is 5.02 Å². The lowest BCUT2D eigenvalue weighted by atomic mass is 9.86. The van der Waals surface area contributed by atoms with Crippen molar-refractivity contribution in [3.05, 3.63) is 28.8 Å². The van der Waals surface area contributed by atoms with E-state index >= 15 is 0 Å². The highest BCUT2D eigenvalue weighted by molar-refractivity contribution is 6.30. The minimum absolute atomic E-state index is 0.293. The summed E-state index contributed by atoms with van der Waals surface area (Å²) in [4.78, 5) is 11.3. The third kappa shape index (κ3) is 2.91. The van der Waals surface area contributed by atoms with Crippen LogP contribution in [0.4, 0.5) is 0 Å². The molecule has 1 aromatic rings. The summed E-state index contributed by atoms with van der Waals surface area (Å²) in [6, 6.07) is 5.02. The minimum atomic E-state index is -0.880. The quantitative estimate of drug-likeness (QED) is 0.896. The average Bonchev–Trinajstić information content (AvgIpc) is 2.80. The molecule has 4 nitrogen and oxygen atoms in total. The van der Waals surface area contributed by atoms with Crippen molar-refractivity contribution in [2.45, 2.75) is 25.9 Å². The maximum atomic E-state index is 11.3. The van der Waals surface area contributed by atoms with Crippen LogP contribution in [0.25, 0.3) is 0 Å². The third-order valence-electron chi connectivity index (χ3n) is 4.08. The second kappa shape index (κ2) is 6.02. The van der Waals surface area contributed by atoms with Crippen molar-refractivity contribution < 1.29 is 19.7 Å². The predicted molar refractivity (Wildman–Crippen MR) is 76.0 cm³/mol. The zero-order valence-corrected chi connectivity index (χ0v) is 12.3. The van der Waals surface area contributed by atoms with Crippen molar-refractivity contribution >= 4 is 17.6 Å². The van der Waals surface area contributed by atoms with E-state index in [9.17, 15) is 15.0 Å². The number of benzene rings is 1. The molecule has 0 aromatic heterocycles. The van der Waals surface area contributed by atoms with Gasteiger partial charge in [0.05, 0.1) is 19.1 Å². The van der Waals surface area contributed by atoms with Gasteiger partial charge in [-0.2, -0.15) is 0 Å². The van der Waals surface area contributed by atoms with Gasteiger partial charge in [0.15, 0.2) is 0 Å². The van der Waals surface area contributed by atoms with E-state index in [0.29, 0.717) is 35.1 Å². The Morgan fingerprint density at radius 2 is 2.15 bits per heavy atom. The summed E-state index contributed by atoms with van der Waals surface area (Å²) >= 11 is 5.97. The van der Waals surface area contributed by atoms with Crippen LogP contribution in [0.15, 0.2) is 18.2 Å². The van der Waals surface area contributed by atoms with Gasteiger partial charge >= 0.3 is 5.97 Å². The molecular weight excluding hydrogens is 280 g/mol. The van der Waals surface area contributed by atoms with Gasteiger partial charge in [-0.15, -0.1) is 0 Å². The second-order valence-corrected chi connectivity index (χ2v) is 5.95. The van der Waals surface area contributed by atoms with Crippen LogP contribution in [0.1, 0.15) is 31.4 Å². The monoisotopic (exact) mass is 298 g/mol. The summed E-state index contributed by atoms with van der Waals surface area (Å²) in [5.74, 6) is -0.857. The first kappa shape index (κ1) is 15.1. The van der Waals surface area contributed by atoms with E-state index in [1.807, 2.05) is 6.92 Å².